The van der Waals surface area contributed by atoms with Gasteiger partial charge < -0.3 is 9.32 Å². The predicted molar refractivity (Wildman–Crippen MR) is 139 cm³/mol. The zero-order valence-corrected chi connectivity index (χ0v) is 19.2. The minimum atomic E-state index is 0.853. The molecule has 0 unspecified atom stereocenters. The largest absolute Gasteiger partial charge is 0.454 e. The summed E-state index contributed by atoms with van der Waals surface area (Å²) in [5.41, 5.74) is 6.79. The number of hydrogen-bond donors (Lipinski definition) is 0. The molecule has 0 aliphatic heterocycles. The Hall–Kier alpha value is -3.89. The summed E-state index contributed by atoms with van der Waals surface area (Å²) in [6.45, 7) is 0. The van der Waals surface area contributed by atoms with Crippen LogP contribution in [0, 0.1) is 0 Å². The molecule has 0 amide bonds. The normalized spacial score (nSPS) is 11.2. The highest BCUT2D eigenvalue weighted by atomic mass is 79.9. The van der Waals surface area contributed by atoms with E-state index in [0.717, 1.165) is 54.7 Å². The lowest BCUT2D eigenvalue weighted by Gasteiger charge is -2.26. The zero-order valence-electron chi connectivity index (χ0n) is 17.7. The van der Waals surface area contributed by atoms with Gasteiger partial charge in [0.25, 0.3) is 0 Å². The number of anilines is 3. The van der Waals surface area contributed by atoms with E-state index in [4.69, 9.17) is 4.42 Å². The summed E-state index contributed by atoms with van der Waals surface area (Å²) in [6, 6.07) is 37.2. The average molecular weight is 491 g/mol. The molecule has 0 bridgehead atoms. The molecule has 6 aromatic rings. The lowest BCUT2D eigenvalue weighted by molar-refractivity contribution is 0.669. The number of para-hydroxylation sites is 2. The third-order valence-corrected chi connectivity index (χ3v) is 6.20. The van der Waals surface area contributed by atoms with Gasteiger partial charge in [-0.1, -0.05) is 70.5 Å². The van der Waals surface area contributed by atoms with Gasteiger partial charge in [0.05, 0.1) is 11.4 Å². The molecule has 33 heavy (non-hydrogen) atoms. The fourth-order valence-electron chi connectivity index (χ4n) is 4.28. The van der Waals surface area contributed by atoms with Gasteiger partial charge in [-0.2, -0.15) is 0 Å². The van der Waals surface area contributed by atoms with E-state index in [1.54, 1.807) is 0 Å². The van der Waals surface area contributed by atoms with Gasteiger partial charge in [0, 0.05) is 38.4 Å². The third-order valence-electron chi connectivity index (χ3n) is 5.74. The van der Waals surface area contributed by atoms with Crippen LogP contribution in [0.3, 0.4) is 0 Å². The quantitative estimate of drug-likeness (QED) is 0.247. The van der Waals surface area contributed by atoms with Crippen LogP contribution in [0.25, 0.3) is 33.2 Å². The molecule has 4 aromatic carbocycles. The van der Waals surface area contributed by atoms with Crippen LogP contribution >= 0.6 is 15.9 Å². The highest BCUT2D eigenvalue weighted by Crippen LogP contribution is 2.44. The number of rotatable bonds is 4. The number of furan rings is 1. The Morgan fingerprint density at radius 2 is 1.45 bits per heavy atom. The third kappa shape index (κ3) is 3.59. The van der Waals surface area contributed by atoms with Crippen molar-refractivity contribution in [2.24, 2.45) is 0 Å². The number of pyridine rings is 1. The highest BCUT2D eigenvalue weighted by molar-refractivity contribution is 9.10. The molecule has 0 fully saturated rings. The van der Waals surface area contributed by atoms with E-state index in [2.05, 4.69) is 92.5 Å². The van der Waals surface area contributed by atoms with Crippen LogP contribution in [0.15, 0.2) is 124 Å². The first-order chi connectivity index (χ1) is 16.3. The molecule has 2 heterocycles. The molecule has 0 radical (unpaired) electrons. The van der Waals surface area contributed by atoms with Gasteiger partial charge in [-0.15, -0.1) is 0 Å². The van der Waals surface area contributed by atoms with Gasteiger partial charge in [-0.3, -0.25) is 4.98 Å². The van der Waals surface area contributed by atoms with E-state index in [-0.39, 0.29) is 0 Å². The van der Waals surface area contributed by atoms with Crippen molar-refractivity contribution in [3.05, 3.63) is 120 Å². The van der Waals surface area contributed by atoms with Crippen molar-refractivity contribution in [1.82, 2.24) is 4.98 Å². The first kappa shape index (κ1) is 19.8. The monoisotopic (exact) mass is 490 g/mol. The average Bonchev–Trinajstić information content (AvgIpc) is 3.24. The van der Waals surface area contributed by atoms with Crippen molar-refractivity contribution < 1.29 is 4.42 Å². The van der Waals surface area contributed by atoms with Crippen molar-refractivity contribution in [2.45, 2.75) is 0 Å². The summed E-state index contributed by atoms with van der Waals surface area (Å²) in [5, 5.41) is 2.18. The molecule has 158 valence electrons. The molecule has 0 saturated carbocycles. The van der Waals surface area contributed by atoms with Crippen LogP contribution in [0.5, 0.6) is 0 Å². The van der Waals surface area contributed by atoms with Crippen LogP contribution in [0.1, 0.15) is 0 Å². The van der Waals surface area contributed by atoms with Crippen LogP contribution in [-0.4, -0.2) is 4.98 Å². The maximum atomic E-state index is 6.40. The van der Waals surface area contributed by atoms with E-state index >= 15 is 0 Å². The molecule has 0 aliphatic carbocycles. The fourth-order valence-corrected chi connectivity index (χ4v) is 4.73. The fraction of sp³-hybridized carbons (Fsp3) is 0. The number of halogens is 1. The number of fused-ring (bicyclic) bond motifs is 3. The Kier molecular flexibility index (Phi) is 4.93. The van der Waals surface area contributed by atoms with Crippen LogP contribution in [0.4, 0.5) is 17.1 Å². The standard InChI is InChI=1S/C29H19BrN2O/c30-21-18-25-24-13-4-5-15-28(24)33-29(25)27(19-21)32(22-10-2-1-3-11-22)23-12-8-9-20(17-23)26-14-6-7-16-31-26/h1-19H. The molecule has 0 atom stereocenters. The van der Waals surface area contributed by atoms with Crippen LogP contribution in [0.2, 0.25) is 0 Å². The molecule has 0 saturated heterocycles. The second-order valence-corrected chi connectivity index (χ2v) is 8.75. The van der Waals surface area contributed by atoms with E-state index < -0.39 is 0 Å². The smallest absolute Gasteiger partial charge is 0.159 e. The molecule has 4 heteroatoms. The molecule has 0 N–H and O–H groups in total. The molecule has 2 aromatic heterocycles. The Morgan fingerprint density at radius 3 is 2.30 bits per heavy atom. The molecule has 0 aliphatic rings. The molecular weight excluding hydrogens is 472 g/mol. The van der Waals surface area contributed by atoms with Crippen LogP contribution in [-0.2, 0) is 0 Å². The van der Waals surface area contributed by atoms with E-state index in [0.29, 0.717) is 0 Å². The van der Waals surface area contributed by atoms with Gasteiger partial charge >= 0.3 is 0 Å². The summed E-state index contributed by atoms with van der Waals surface area (Å²) in [6.07, 6.45) is 1.82. The van der Waals surface area contributed by atoms with Gasteiger partial charge in [0.2, 0.25) is 0 Å². The van der Waals surface area contributed by atoms with E-state index in [9.17, 15) is 0 Å². The first-order valence-corrected chi connectivity index (χ1v) is 11.5. The Morgan fingerprint density at radius 1 is 0.667 bits per heavy atom. The molecule has 0 spiro atoms. The van der Waals surface area contributed by atoms with Crippen molar-refractivity contribution in [3.8, 4) is 11.3 Å². The minimum absolute atomic E-state index is 0.853. The van der Waals surface area contributed by atoms with Crippen molar-refractivity contribution in [1.29, 1.82) is 0 Å². The lowest BCUT2D eigenvalue weighted by atomic mass is 10.1. The van der Waals surface area contributed by atoms with Crippen molar-refractivity contribution in [2.75, 3.05) is 4.90 Å². The second kappa shape index (κ2) is 8.23. The number of aromatic nitrogens is 1. The Labute approximate surface area is 200 Å². The van der Waals surface area contributed by atoms with E-state index in [1.807, 2.05) is 48.7 Å². The number of nitrogens with zero attached hydrogens (tertiary/aromatic N) is 2. The summed E-state index contributed by atoms with van der Waals surface area (Å²) < 4.78 is 7.40. The predicted octanol–water partition coefficient (Wildman–Crippen LogP) is 8.88. The Bertz CT molecular complexity index is 1580. The number of benzene rings is 4. The van der Waals surface area contributed by atoms with E-state index in [1.165, 1.54) is 0 Å². The molecular formula is C29H19BrN2O. The summed E-state index contributed by atoms with van der Waals surface area (Å²) in [5.74, 6) is 0. The SMILES string of the molecule is Brc1cc(N(c2ccccc2)c2cccc(-c3ccccn3)c2)c2oc3ccccc3c2c1. The minimum Gasteiger partial charge on any atom is -0.454 e. The van der Waals surface area contributed by atoms with Crippen molar-refractivity contribution >= 4 is 54.9 Å². The first-order valence-electron chi connectivity index (χ1n) is 10.8. The van der Waals surface area contributed by atoms with Gasteiger partial charge in [0.1, 0.15) is 5.58 Å². The topological polar surface area (TPSA) is 29.3 Å². The maximum absolute atomic E-state index is 6.40. The summed E-state index contributed by atoms with van der Waals surface area (Å²) >= 11 is 3.74. The second-order valence-electron chi connectivity index (χ2n) is 7.84. The molecule has 6 rings (SSSR count). The summed E-state index contributed by atoms with van der Waals surface area (Å²) in [7, 11) is 0. The van der Waals surface area contributed by atoms with Gasteiger partial charge in [-0.05, 0) is 54.6 Å². The number of hydrogen-bond acceptors (Lipinski definition) is 3. The maximum Gasteiger partial charge on any atom is 0.159 e. The van der Waals surface area contributed by atoms with Gasteiger partial charge in [0.15, 0.2) is 5.58 Å². The molecule has 3 nitrogen and oxygen atoms in total. The van der Waals surface area contributed by atoms with Gasteiger partial charge in [-0.25, -0.2) is 0 Å². The highest BCUT2D eigenvalue weighted by Gasteiger charge is 2.20. The lowest BCUT2D eigenvalue weighted by Crippen LogP contribution is -2.10. The van der Waals surface area contributed by atoms with Crippen molar-refractivity contribution in [3.63, 3.8) is 0 Å². The van der Waals surface area contributed by atoms with Crippen LogP contribution < -0.4 is 4.90 Å². The summed E-state index contributed by atoms with van der Waals surface area (Å²) in [4.78, 5) is 6.78. The zero-order chi connectivity index (χ0) is 22.2. The Balaban J connectivity index is 1.62.